The summed E-state index contributed by atoms with van der Waals surface area (Å²) >= 11 is 0. The van der Waals surface area contributed by atoms with E-state index in [4.69, 9.17) is 9.94 Å². The van der Waals surface area contributed by atoms with Gasteiger partial charge in [-0.25, -0.2) is 0 Å². The molecule has 1 aliphatic carbocycles. The summed E-state index contributed by atoms with van der Waals surface area (Å²) in [5.41, 5.74) is 2.18. The van der Waals surface area contributed by atoms with Gasteiger partial charge in [-0.05, 0) is 47.6 Å². The SMILES string of the molecule is C=NO.COc1cc(C=CC2=CC(=CN(O)Cc3ccc(O)cc3O)C(=O)C=C2)ccc1O. The molecule has 0 aromatic heterocycles. The van der Waals surface area contributed by atoms with Crippen molar-refractivity contribution in [2.75, 3.05) is 7.11 Å². The zero-order valence-corrected chi connectivity index (χ0v) is 17.8. The Balaban J connectivity index is 0.00000122. The van der Waals surface area contributed by atoms with Gasteiger partial charge in [-0.2, -0.15) is 0 Å². The molecule has 0 saturated heterocycles. The zero-order chi connectivity index (χ0) is 24.4. The van der Waals surface area contributed by atoms with E-state index in [1.807, 2.05) is 0 Å². The number of methoxy groups -OCH3 is 1. The van der Waals surface area contributed by atoms with Crippen molar-refractivity contribution in [3.63, 3.8) is 0 Å². The van der Waals surface area contributed by atoms with Crippen LogP contribution >= 0.6 is 0 Å². The summed E-state index contributed by atoms with van der Waals surface area (Å²) in [4.78, 5) is 12.1. The minimum atomic E-state index is -0.271. The average Bonchev–Trinajstić information content (AvgIpc) is 2.77. The van der Waals surface area contributed by atoms with Crippen LogP contribution in [0.4, 0.5) is 0 Å². The third kappa shape index (κ3) is 7.30. The molecule has 0 radical (unpaired) electrons. The van der Waals surface area contributed by atoms with Crippen LogP contribution in [0, 0.1) is 0 Å². The minimum absolute atomic E-state index is 0.0462. The van der Waals surface area contributed by atoms with Crippen LogP contribution < -0.4 is 4.74 Å². The molecule has 5 N–H and O–H groups in total. The van der Waals surface area contributed by atoms with Gasteiger partial charge in [0.1, 0.15) is 11.5 Å². The van der Waals surface area contributed by atoms with Gasteiger partial charge in [-0.1, -0.05) is 24.3 Å². The van der Waals surface area contributed by atoms with Crippen LogP contribution in [0.5, 0.6) is 23.0 Å². The Hall–Kier alpha value is -4.50. The predicted molar refractivity (Wildman–Crippen MR) is 122 cm³/mol. The minimum Gasteiger partial charge on any atom is -0.508 e. The highest BCUT2D eigenvalue weighted by molar-refractivity contribution is 6.08. The number of nitrogens with zero attached hydrogens (tertiary/aromatic N) is 2. The topological polar surface area (TPSA) is 143 Å². The Bertz CT molecular complexity index is 1130. The first-order valence-electron chi connectivity index (χ1n) is 9.54. The third-order valence-electron chi connectivity index (χ3n) is 4.40. The normalized spacial score (nSPS) is 13.9. The number of aromatic hydroxyl groups is 3. The number of hydrogen-bond acceptors (Lipinski definition) is 9. The average molecular weight is 452 g/mol. The smallest absolute Gasteiger partial charge is 0.187 e. The molecular weight excluding hydrogens is 428 g/mol. The number of carbonyl (C=O) groups is 1. The number of ether oxygens (including phenoxy) is 1. The van der Waals surface area contributed by atoms with Crippen LogP contribution in [0.2, 0.25) is 0 Å². The van der Waals surface area contributed by atoms with E-state index in [-0.39, 0.29) is 35.1 Å². The van der Waals surface area contributed by atoms with E-state index >= 15 is 0 Å². The van der Waals surface area contributed by atoms with Crippen molar-refractivity contribution in [1.82, 2.24) is 5.06 Å². The van der Waals surface area contributed by atoms with Gasteiger partial charge in [0.2, 0.25) is 0 Å². The van der Waals surface area contributed by atoms with Crippen LogP contribution in [0.1, 0.15) is 11.1 Å². The van der Waals surface area contributed by atoms with E-state index in [1.165, 1.54) is 43.7 Å². The first-order valence-corrected chi connectivity index (χ1v) is 9.54. The quantitative estimate of drug-likeness (QED) is 0.193. The molecule has 0 heterocycles. The van der Waals surface area contributed by atoms with E-state index in [1.54, 1.807) is 36.4 Å². The largest absolute Gasteiger partial charge is 0.508 e. The number of rotatable bonds is 6. The molecule has 0 unspecified atom stereocenters. The first kappa shape index (κ1) is 24.8. The Morgan fingerprint density at radius 2 is 1.79 bits per heavy atom. The van der Waals surface area contributed by atoms with Crippen molar-refractivity contribution < 1.29 is 35.3 Å². The zero-order valence-electron chi connectivity index (χ0n) is 17.8. The second-order valence-electron chi connectivity index (χ2n) is 6.74. The van der Waals surface area contributed by atoms with Crippen LogP contribution in [0.25, 0.3) is 6.08 Å². The number of phenols is 3. The lowest BCUT2D eigenvalue weighted by Gasteiger charge is -2.15. The molecule has 172 valence electrons. The van der Waals surface area contributed by atoms with Gasteiger partial charge in [0.15, 0.2) is 17.3 Å². The van der Waals surface area contributed by atoms with Crippen LogP contribution in [-0.2, 0) is 11.3 Å². The molecule has 0 saturated carbocycles. The summed E-state index contributed by atoms with van der Waals surface area (Å²) in [6, 6.07) is 8.98. The number of phenolic OH excluding ortho intramolecular Hbond substituents is 3. The standard InChI is InChI=1S/C23H21NO6.CH3NO/c1-30-23-11-16(5-9-21(23)27)3-2-15-4-8-20(26)18(10-15)14-24(29)13-17-6-7-19(25)12-22(17)28;1-2-3/h2-12,14,25,27-29H,13H2,1H3;3H,1H2. The number of carbonyl (C=O) groups excluding carboxylic acids is 1. The molecule has 3 rings (SSSR count). The molecule has 1 aliphatic rings. The van der Waals surface area contributed by atoms with E-state index in [9.17, 15) is 25.3 Å². The molecular formula is C24H24N2O7. The van der Waals surface area contributed by atoms with Crippen LogP contribution in [0.3, 0.4) is 0 Å². The molecule has 0 atom stereocenters. The van der Waals surface area contributed by atoms with E-state index < -0.39 is 0 Å². The van der Waals surface area contributed by atoms with Crippen LogP contribution in [-0.4, -0.2) is 50.4 Å². The predicted octanol–water partition coefficient (Wildman–Crippen LogP) is 3.74. The molecule has 0 amide bonds. The summed E-state index contributed by atoms with van der Waals surface area (Å²) in [5, 5.41) is 49.1. The monoisotopic (exact) mass is 452 g/mol. The number of ketones is 1. The molecule has 0 aliphatic heterocycles. The lowest BCUT2D eigenvalue weighted by molar-refractivity contribution is -0.111. The summed E-state index contributed by atoms with van der Waals surface area (Å²) in [5.74, 6) is -0.116. The summed E-state index contributed by atoms with van der Waals surface area (Å²) in [6.45, 7) is 2.60. The van der Waals surface area contributed by atoms with Crippen molar-refractivity contribution in [3.05, 3.63) is 89.2 Å². The lowest BCUT2D eigenvalue weighted by Crippen LogP contribution is -2.14. The number of allylic oxidation sites excluding steroid dienone is 6. The van der Waals surface area contributed by atoms with Crippen molar-refractivity contribution in [1.29, 1.82) is 0 Å². The fourth-order valence-electron chi connectivity index (χ4n) is 2.83. The summed E-state index contributed by atoms with van der Waals surface area (Å²) < 4.78 is 5.08. The fraction of sp³-hybridized carbons (Fsp3) is 0.0833. The van der Waals surface area contributed by atoms with Crippen molar-refractivity contribution >= 4 is 18.6 Å². The number of hydroxylamine groups is 2. The molecule has 2 aromatic carbocycles. The van der Waals surface area contributed by atoms with Gasteiger partial charge in [-0.15, -0.1) is 5.16 Å². The van der Waals surface area contributed by atoms with Gasteiger partial charge >= 0.3 is 0 Å². The van der Waals surface area contributed by atoms with Crippen molar-refractivity contribution in [2.24, 2.45) is 5.16 Å². The second kappa shape index (κ2) is 11.8. The first-order chi connectivity index (χ1) is 15.8. The highest BCUT2D eigenvalue weighted by Gasteiger charge is 2.12. The third-order valence-corrected chi connectivity index (χ3v) is 4.40. The van der Waals surface area contributed by atoms with Gasteiger partial charge in [0, 0.05) is 30.1 Å². The number of benzene rings is 2. The molecule has 9 nitrogen and oxygen atoms in total. The highest BCUT2D eigenvalue weighted by atomic mass is 16.5. The molecule has 9 heteroatoms. The molecule has 0 bridgehead atoms. The van der Waals surface area contributed by atoms with Crippen molar-refractivity contribution in [2.45, 2.75) is 6.54 Å². The second-order valence-corrected chi connectivity index (χ2v) is 6.74. The van der Waals surface area contributed by atoms with E-state index in [2.05, 4.69) is 11.9 Å². The van der Waals surface area contributed by atoms with E-state index in [0.29, 0.717) is 11.3 Å². The summed E-state index contributed by atoms with van der Waals surface area (Å²) in [6.07, 6.45) is 9.54. The Labute approximate surface area is 190 Å². The fourth-order valence-corrected chi connectivity index (χ4v) is 2.83. The van der Waals surface area contributed by atoms with Gasteiger partial charge in [0.05, 0.1) is 13.7 Å². The molecule has 0 spiro atoms. The maximum absolute atomic E-state index is 12.1. The number of hydrogen-bond donors (Lipinski definition) is 5. The van der Waals surface area contributed by atoms with Gasteiger partial charge in [-0.3, -0.25) is 15.1 Å². The van der Waals surface area contributed by atoms with Gasteiger partial charge < -0.3 is 25.3 Å². The maximum atomic E-state index is 12.1. The molecule has 0 fully saturated rings. The Kier molecular flexibility index (Phi) is 8.84. The molecule has 2 aromatic rings. The molecule has 33 heavy (non-hydrogen) atoms. The van der Waals surface area contributed by atoms with Crippen molar-refractivity contribution in [3.8, 4) is 23.0 Å². The van der Waals surface area contributed by atoms with Gasteiger partial charge in [0.25, 0.3) is 0 Å². The maximum Gasteiger partial charge on any atom is 0.187 e. The summed E-state index contributed by atoms with van der Waals surface area (Å²) in [7, 11) is 1.47. The van der Waals surface area contributed by atoms with Crippen LogP contribution in [0.15, 0.2) is 83.2 Å². The Morgan fingerprint density at radius 1 is 1.06 bits per heavy atom. The Morgan fingerprint density at radius 3 is 2.45 bits per heavy atom. The highest BCUT2D eigenvalue weighted by Crippen LogP contribution is 2.27. The lowest BCUT2D eigenvalue weighted by atomic mass is 10.0. The number of oxime groups is 1. The van der Waals surface area contributed by atoms with E-state index in [0.717, 1.165) is 16.2 Å².